The zero-order valence-electron chi connectivity index (χ0n) is 15.7. The van der Waals surface area contributed by atoms with E-state index in [1.807, 2.05) is 12.2 Å². The van der Waals surface area contributed by atoms with Crippen LogP contribution < -0.4 is 5.73 Å². The number of nitrogens with zero attached hydrogens (tertiary/aromatic N) is 1. The van der Waals surface area contributed by atoms with E-state index < -0.39 is 0 Å². The highest BCUT2D eigenvalue weighted by molar-refractivity contribution is 5.23. The van der Waals surface area contributed by atoms with Crippen LogP contribution in [0.1, 0.15) is 38.2 Å². The van der Waals surface area contributed by atoms with Gasteiger partial charge in [0.05, 0.1) is 0 Å². The molecule has 2 N–H and O–H groups in total. The molecule has 2 heteroatoms. The molecule has 0 saturated heterocycles. The predicted octanol–water partition coefficient (Wildman–Crippen LogP) is 4.94. The number of allylic oxidation sites excluding steroid dienone is 3. The van der Waals surface area contributed by atoms with Crippen molar-refractivity contribution in [3.63, 3.8) is 0 Å². The molecule has 0 spiro atoms. The van der Waals surface area contributed by atoms with Gasteiger partial charge in [-0.1, -0.05) is 61.2 Å². The fourth-order valence-corrected chi connectivity index (χ4v) is 3.73. The van der Waals surface area contributed by atoms with E-state index in [0.717, 1.165) is 31.5 Å². The quantitative estimate of drug-likeness (QED) is 0.646. The molecule has 1 aromatic rings. The molecule has 2 rings (SSSR count). The zero-order chi connectivity index (χ0) is 17.9. The molecular weight excluding hydrogens is 304 g/mol. The number of rotatable bonds is 9. The molecule has 0 atom stereocenters. The average molecular weight is 339 g/mol. The van der Waals surface area contributed by atoms with Crippen LogP contribution in [0.4, 0.5) is 0 Å². The third kappa shape index (κ3) is 7.01. The van der Waals surface area contributed by atoms with Crippen LogP contribution in [0.5, 0.6) is 0 Å². The molecule has 136 valence electrons. The Morgan fingerprint density at radius 2 is 1.84 bits per heavy atom. The third-order valence-corrected chi connectivity index (χ3v) is 5.29. The lowest BCUT2D eigenvalue weighted by molar-refractivity contribution is 0.186. The van der Waals surface area contributed by atoms with Gasteiger partial charge in [-0.25, -0.2) is 0 Å². The van der Waals surface area contributed by atoms with Gasteiger partial charge < -0.3 is 5.73 Å². The molecule has 1 saturated carbocycles. The van der Waals surface area contributed by atoms with Crippen LogP contribution in [-0.2, 0) is 6.54 Å². The van der Waals surface area contributed by atoms with Crippen molar-refractivity contribution >= 4 is 0 Å². The maximum Gasteiger partial charge on any atom is 0.0237 e. The van der Waals surface area contributed by atoms with Crippen molar-refractivity contribution < 1.29 is 0 Å². The monoisotopic (exact) mass is 338 g/mol. The van der Waals surface area contributed by atoms with Crippen LogP contribution in [0.25, 0.3) is 0 Å². The Bertz CT molecular complexity index is 551. The molecule has 2 nitrogen and oxygen atoms in total. The highest BCUT2D eigenvalue weighted by Crippen LogP contribution is 2.29. The summed E-state index contributed by atoms with van der Waals surface area (Å²) in [6.07, 6.45) is 13.5. The van der Waals surface area contributed by atoms with Crippen LogP contribution in [0, 0.1) is 11.8 Å². The molecule has 0 unspecified atom stereocenters. The number of nitrogens with two attached hydrogens (primary N) is 1. The first-order valence-electron chi connectivity index (χ1n) is 9.65. The average Bonchev–Trinajstić information content (AvgIpc) is 2.66. The molecule has 0 aliphatic heterocycles. The van der Waals surface area contributed by atoms with Crippen molar-refractivity contribution in [3.8, 4) is 0 Å². The van der Waals surface area contributed by atoms with Gasteiger partial charge in [-0.2, -0.15) is 0 Å². The van der Waals surface area contributed by atoms with Gasteiger partial charge in [-0.05, 0) is 62.1 Å². The van der Waals surface area contributed by atoms with Crippen molar-refractivity contribution in [1.82, 2.24) is 4.90 Å². The fraction of sp³-hybridized carbons (Fsp3) is 0.478. The molecule has 0 heterocycles. The Morgan fingerprint density at radius 3 is 2.44 bits per heavy atom. The van der Waals surface area contributed by atoms with Gasteiger partial charge in [0, 0.05) is 19.6 Å². The molecule has 0 aromatic heterocycles. The standard InChI is InChI=1S/C23H34N2/c1-3-5-9-20(4-2)17-25(18-22-10-7-6-8-11-22)19-23-14-12-21(16-24)13-15-23/h3-11,21,23H,1,12-19,24H2,2H3/b9-5-,20-4+. The summed E-state index contributed by atoms with van der Waals surface area (Å²) in [5.41, 5.74) is 8.59. The number of benzene rings is 1. The first-order chi connectivity index (χ1) is 12.2. The minimum atomic E-state index is 0.750. The van der Waals surface area contributed by atoms with Crippen LogP contribution in [0.3, 0.4) is 0 Å². The molecule has 1 fully saturated rings. The molecule has 1 aliphatic rings. The third-order valence-electron chi connectivity index (χ3n) is 5.29. The minimum absolute atomic E-state index is 0.750. The van der Waals surface area contributed by atoms with Crippen LogP contribution in [0.2, 0.25) is 0 Å². The van der Waals surface area contributed by atoms with E-state index in [4.69, 9.17) is 5.73 Å². The minimum Gasteiger partial charge on any atom is -0.330 e. The Labute approximate surface area is 154 Å². The highest BCUT2D eigenvalue weighted by Gasteiger charge is 2.22. The summed E-state index contributed by atoms with van der Waals surface area (Å²) in [5, 5.41) is 0. The van der Waals surface area contributed by atoms with Crippen LogP contribution in [-0.4, -0.2) is 24.5 Å². The van der Waals surface area contributed by atoms with Crippen molar-refractivity contribution in [3.05, 3.63) is 72.4 Å². The van der Waals surface area contributed by atoms with Gasteiger partial charge in [-0.3, -0.25) is 4.90 Å². The summed E-state index contributed by atoms with van der Waals surface area (Å²) >= 11 is 0. The Morgan fingerprint density at radius 1 is 1.16 bits per heavy atom. The summed E-state index contributed by atoms with van der Waals surface area (Å²) in [7, 11) is 0. The maximum atomic E-state index is 5.85. The lowest BCUT2D eigenvalue weighted by atomic mass is 9.82. The van der Waals surface area contributed by atoms with Gasteiger partial charge in [0.1, 0.15) is 0 Å². The molecule has 0 radical (unpaired) electrons. The molecule has 0 amide bonds. The van der Waals surface area contributed by atoms with E-state index in [1.165, 1.54) is 43.4 Å². The Hall–Kier alpha value is -1.64. The maximum absolute atomic E-state index is 5.85. The number of hydrogen-bond donors (Lipinski definition) is 1. The predicted molar refractivity (Wildman–Crippen MR) is 109 cm³/mol. The largest absolute Gasteiger partial charge is 0.330 e. The van der Waals surface area contributed by atoms with Gasteiger partial charge in [0.15, 0.2) is 0 Å². The lowest BCUT2D eigenvalue weighted by Gasteiger charge is -2.32. The lowest BCUT2D eigenvalue weighted by Crippen LogP contribution is -2.33. The first-order valence-corrected chi connectivity index (χ1v) is 9.65. The summed E-state index contributed by atoms with van der Waals surface area (Å²) < 4.78 is 0. The van der Waals surface area contributed by atoms with Gasteiger partial charge in [0.2, 0.25) is 0 Å². The van der Waals surface area contributed by atoms with E-state index in [1.54, 1.807) is 0 Å². The fourth-order valence-electron chi connectivity index (χ4n) is 3.73. The zero-order valence-corrected chi connectivity index (χ0v) is 15.7. The van der Waals surface area contributed by atoms with Gasteiger partial charge in [0.25, 0.3) is 0 Å². The molecule has 1 aromatic carbocycles. The summed E-state index contributed by atoms with van der Waals surface area (Å²) in [6, 6.07) is 10.8. The number of hydrogen-bond acceptors (Lipinski definition) is 2. The molecular formula is C23H34N2. The van der Waals surface area contributed by atoms with Crippen molar-refractivity contribution in [2.75, 3.05) is 19.6 Å². The van der Waals surface area contributed by atoms with Crippen molar-refractivity contribution in [2.45, 2.75) is 39.2 Å². The molecule has 25 heavy (non-hydrogen) atoms. The second kappa shape index (κ2) is 11.1. The topological polar surface area (TPSA) is 29.3 Å². The summed E-state index contributed by atoms with van der Waals surface area (Å²) in [6.45, 7) is 9.94. The smallest absolute Gasteiger partial charge is 0.0237 e. The SMILES string of the molecule is C=C/C=C\C(=C/C)CN(Cc1ccccc1)CC1CCC(CN)CC1. The molecule has 0 bridgehead atoms. The molecule has 1 aliphatic carbocycles. The summed E-state index contributed by atoms with van der Waals surface area (Å²) in [5.74, 6) is 1.55. The van der Waals surface area contributed by atoms with Gasteiger partial charge in [-0.15, -0.1) is 0 Å². The van der Waals surface area contributed by atoms with E-state index in [0.29, 0.717) is 0 Å². The Kier molecular flexibility index (Phi) is 8.71. The van der Waals surface area contributed by atoms with Crippen LogP contribution >= 0.6 is 0 Å². The van der Waals surface area contributed by atoms with E-state index >= 15 is 0 Å². The summed E-state index contributed by atoms with van der Waals surface area (Å²) in [4.78, 5) is 2.60. The first kappa shape index (κ1) is 19.7. The van der Waals surface area contributed by atoms with Gasteiger partial charge >= 0.3 is 0 Å². The normalized spacial score (nSPS) is 21.8. The van der Waals surface area contributed by atoms with Crippen LogP contribution in [0.15, 0.2) is 66.8 Å². The second-order valence-corrected chi connectivity index (χ2v) is 7.24. The second-order valence-electron chi connectivity index (χ2n) is 7.24. The van der Waals surface area contributed by atoms with E-state index in [2.05, 4.69) is 60.9 Å². The van der Waals surface area contributed by atoms with E-state index in [-0.39, 0.29) is 0 Å². The Balaban J connectivity index is 2.01. The highest BCUT2D eigenvalue weighted by atomic mass is 15.1. The van der Waals surface area contributed by atoms with Crippen molar-refractivity contribution in [2.24, 2.45) is 17.6 Å². The van der Waals surface area contributed by atoms with E-state index in [9.17, 15) is 0 Å². The van der Waals surface area contributed by atoms with Crippen molar-refractivity contribution in [1.29, 1.82) is 0 Å².